The lowest BCUT2D eigenvalue weighted by molar-refractivity contribution is 0.420. The Morgan fingerprint density at radius 1 is 1.29 bits per heavy atom. The van der Waals surface area contributed by atoms with Gasteiger partial charge in [0, 0.05) is 6.20 Å². The van der Waals surface area contributed by atoms with Gasteiger partial charge in [0.1, 0.15) is 0 Å². The van der Waals surface area contributed by atoms with Crippen molar-refractivity contribution >= 4 is 0 Å². The summed E-state index contributed by atoms with van der Waals surface area (Å²) in [4.78, 5) is 18.3. The highest BCUT2D eigenvalue weighted by Gasteiger charge is 2.19. The predicted octanol–water partition coefficient (Wildman–Crippen LogP) is 2.70. The third-order valence-electron chi connectivity index (χ3n) is 3.49. The van der Waals surface area contributed by atoms with Gasteiger partial charge in [0.2, 0.25) is 0 Å². The zero-order chi connectivity index (χ0) is 11.7. The highest BCUT2D eigenvalue weighted by molar-refractivity contribution is 5.62. The van der Waals surface area contributed by atoms with Crippen LogP contribution in [-0.4, -0.2) is 9.97 Å². The van der Waals surface area contributed by atoms with Crippen LogP contribution in [0.3, 0.4) is 0 Å². The third-order valence-corrected chi connectivity index (χ3v) is 3.49. The molecule has 0 aliphatic heterocycles. The molecule has 1 aliphatic rings. The fourth-order valence-corrected chi connectivity index (χ4v) is 2.25. The van der Waals surface area contributed by atoms with Crippen LogP contribution in [0.4, 0.5) is 0 Å². The van der Waals surface area contributed by atoms with E-state index in [9.17, 15) is 4.79 Å². The van der Waals surface area contributed by atoms with E-state index in [0.717, 1.165) is 5.56 Å². The maximum Gasteiger partial charge on any atom is 0.258 e. The van der Waals surface area contributed by atoms with Crippen molar-refractivity contribution in [2.24, 2.45) is 0 Å². The molecule has 1 aromatic carbocycles. The van der Waals surface area contributed by atoms with E-state index in [0.29, 0.717) is 11.5 Å². The van der Waals surface area contributed by atoms with Gasteiger partial charge in [-0.05, 0) is 29.9 Å². The van der Waals surface area contributed by atoms with Crippen LogP contribution in [0.2, 0.25) is 0 Å². The number of H-pyrrole nitrogens is 1. The van der Waals surface area contributed by atoms with Crippen molar-refractivity contribution in [2.75, 3.05) is 0 Å². The fraction of sp³-hybridized carbons (Fsp3) is 0.286. The van der Waals surface area contributed by atoms with Crippen LogP contribution in [0.25, 0.3) is 11.1 Å². The quantitative estimate of drug-likeness (QED) is 0.855. The molecule has 2 aromatic rings. The minimum absolute atomic E-state index is 0.0780. The molecule has 1 N–H and O–H groups in total. The molecule has 0 unspecified atom stereocenters. The number of nitrogens with one attached hydrogen (secondary N) is 1. The molecule has 3 nitrogen and oxygen atoms in total. The molecule has 3 heteroatoms. The van der Waals surface area contributed by atoms with Gasteiger partial charge >= 0.3 is 0 Å². The molecule has 86 valence electrons. The van der Waals surface area contributed by atoms with Crippen molar-refractivity contribution in [1.29, 1.82) is 0 Å². The summed E-state index contributed by atoms with van der Waals surface area (Å²) in [5.41, 5.74) is 2.88. The lowest BCUT2D eigenvalue weighted by Crippen LogP contribution is -2.10. The van der Waals surface area contributed by atoms with Gasteiger partial charge in [-0.2, -0.15) is 0 Å². The van der Waals surface area contributed by atoms with Crippen LogP contribution in [-0.2, 0) is 0 Å². The normalized spacial score (nSPS) is 15.5. The van der Waals surface area contributed by atoms with Gasteiger partial charge in [-0.15, -0.1) is 0 Å². The van der Waals surface area contributed by atoms with E-state index in [1.165, 1.54) is 31.2 Å². The van der Waals surface area contributed by atoms with Crippen molar-refractivity contribution in [3.05, 3.63) is 52.7 Å². The highest BCUT2D eigenvalue weighted by Crippen LogP contribution is 2.37. The SMILES string of the molecule is O=c1[nH]cncc1-c1cccc(C2CCC2)c1. The average molecular weight is 226 g/mol. The fourth-order valence-electron chi connectivity index (χ4n) is 2.25. The van der Waals surface area contributed by atoms with Gasteiger partial charge in [-0.1, -0.05) is 30.7 Å². The second kappa shape index (κ2) is 4.17. The monoisotopic (exact) mass is 226 g/mol. The molecule has 3 rings (SSSR count). The summed E-state index contributed by atoms with van der Waals surface area (Å²) in [6, 6.07) is 8.26. The van der Waals surface area contributed by atoms with E-state index >= 15 is 0 Å². The molecule has 1 aliphatic carbocycles. The van der Waals surface area contributed by atoms with Crippen molar-refractivity contribution < 1.29 is 0 Å². The molecular formula is C14H14N2O. The molecule has 0 saturated heterocycles. The van der Waals surface area contributed by atoms with E-state index in [4.69, 9.17) is 0 Å². The number of hydrogen-bond donors (Lipinski definition) is 1. The standard InChI is InChI=1S/C14H14N2O/c17-14-13(8-15-9-16-14)12-6-2-5-11(7-12)10-3-1-4-10/h2,5-10H,1,3-4H2,(H,15,16,17). The molecule has 1 saturated carbocycles. The maximum atomic E-state index is 11.7. The van der Waals surface area contributed by atoms with Gasteiger partial charge in [0.15, 0.2) is 0 Å². The molecule has 0 amide bonds. The van der Waals surface area contributed by atoms with Crippen LogP contribution >= 0.6 is 0 Å². The number of benzene rings is 1. The Hall–Kier alpha value is -1.90. The molecule has 17 heavy (non-hydrogen) atoms. The number of rotatable bonds is 2. The Bertz CT molecular complexity index is 585. The molecule has 0 bridgehead atoms. The smallest absolute Gasteiger partial charge is 0.258 e. The highest BCUT2D eigenvalue weighted by atomic mass is 16.1. The second-order valence-electron chi connectivity index (χ2n) is 4.55. The molecule has 1 heterocycles. The Balaban J connectivity index is 2.03. The van der Waals surface area contributed by atoms with E-state index in [1.54, 1.807) is 6.20 Å². The van der Waals surface area contributed by atoms with E-state index in [1.807, 2.05) is 12.1 Å². The largest absolute Gasteiger partial charge is 0.313 e. The van der Waals surface area contributed by atoms with Gasteiger partial charge in [0.25, 0.3) is 5.56 Å². The summed E-state index contributed by atoms with van der Waals surface area (Å²) in [5, 5.41) is 0. The van der Waals surface area contributed by atoms with Gasteiger partial charge in [0.05, 0.1) is 11.9 Å². The topological polar surface area (TPSA) is 45.8 Å². The van der Waals surface area contributed by atoms with Crippen molar-refractivity contribution in [1.82, 2.24) is 9.97 Å². The molecular weight excluding hydrogens is 212 g/mol. The van der Waals surface area contributed by atoms with Gasteiger partial charge in [-0.3, -0.25) is 4.79 Å². The zero-order valence-corrected chi connectivity index (χ0v) is 9.52. The number of aromatic nitrogens is 2. The Labute approximate surface area is 99.5 Å². The van der Waals surface area contributed by atoms with Gasteiger partial charge in [-0.25, -0.2) is 4.98 Å². The van der Waals surface area contributed by atoms with Crippen LogP contribution in [0.1, 0.15) is 30.7 Å². The van der Waals surface area contributed by atoms with Crippen molar-refractivity contribution in [3.8, 4) is 11.1 Å². The molecule has 1 fully saturated rings. The predicted molar refractivity (Wildman–Crippen MR) is 66.9 cm³/mol. The second-order valence-corrected chi connectivity index (χ2v) is 4.55. The maximum absolute atomic E-state index is 11.7. The van der Waals surface area contributed by atoms with Crippen LogP contribution in [0.15, 0.2) is 41.6 Å². The Kier molecular flexibility index (Phi) is 2.52. The van der Waals surface area contributed by atoms with Crippen LogP contribution < -0.4 is 5.56 Å². The summed E-state index contributed by atoms with van der Waals surface area (Å²) in [6.07, 6.45) is 6.91. The molecule has 0 spiro atoms. The first-order chi connectivity index (χ1) is 8.34. The summed E-state index contributed by atoms with van der Waals surface area (Å²) in [6.45, 7) is 0. The van der Waals surface area contributed by atoms with E-state index < -0.39 is 0 Å². The first-order valence-corrected chi connectivity index (χ1v) is 5.97. The van der Waals surface area contributed by atoms with Gasteiger partial charge < -0.3 is 4.98 Å². The summed E-state index contributed by atoms with van der Waals surface area (Å²) in [7, 11) is 0. The lowest BCUT2D eigenvalue weighted by atomic mass is 9.79. The average Bonchev–Trinajstić information content (AvgIpc) is 2.28. The minimum Gasteiger partial charge on any atom is -0.313 e. The Morgan fingerprint density at radius 3 is 2.88 bits per heavy atom. The Morgan fingerprint density at radius 2 is 2.18 bits per heavy atom. The van der Waals surface area contributed by atoms with Crippen molar-refractivity contribution in [2.45, 2.75) is 25.2 Å². The zero-order valence-electron chi connectivity index (χ0n) is 9.52. The molecule has 0 atom stereocenters. The number of aromatic amines is 1. The minimum atomic E-state index is -0.0780. The first-order valence-electron chi connectivity index (χ1n) is 5.97. The van der Waals surface area contributed by atoms with Crippen LogP contribution in [0, 0.1) is 0 Å². The number of nitrogens with zero attached hydrogens (tertiary/aromatic N) is 1. The summed E-state index contributed by atoms with van der Waals surface area (Å²) in [5.74, 6) is 0.686. The third kappa shape index (κ3) is 1.88. The number of hydrogen-bond acceptors (Lipinski definition) is 2. The first kappa shape index (κ1) is 10.3. The van der Waals surface area contributed by atoms with E-state index in [-0.39, 0.29) is 5.56 Å². The lowest BCUT2D eigenvalue weighted by Gasteiger charge is -2.26. The van der Waals surface area contributed by atoms with Crippen molar-refractivity contribution in [3.63, 3.8) is 0 Å². The van der Waals surface area contributed by atoms with E-state index in [2.05, 4.69) is 22.1 Å². The molecule has 1 aromatic heterocycles. The molecule has 0 radical (unpaired) electrons. The summed E-state index contributed by atoms with van der Waals surface area (Å²) < 4.78 is 0. The summed E-state index contributed by atoms with van der Waals surface area (Å²) >= 11 is 0. The van der Waals surface area contributed by atoms with Crippen LogP contribution in [0.5, 0.6) is 0 Å².